The van der Waals surface area contributed by atoms with Gasteiger partial charge in [-0.3, -0.25) is 9.59 Å². The minimum absolute atomic E-state index is 0.109. The molecule has 0 aromatic carbocycles. The number of nitrogens with one attached hydrogen (secondary N) is 1. The average Bonchev–Trinajstić information content (AvgIpc) is 2.14. The van der Waals surface area contributed by atoms with E-state index in [-0.39, 0.29) is 12.5 Å². The molecule has 0 heterocycles. The predicted molar refractivity (Wildman–Crippen MR) is 55.9 cm³/mol. The highest BCUT2D eigenvalue weighted by Gasteiger charge is 2.11. The lowest BCUT2D eigenvalue weighted by Crippen LogP contribution is -2.39. The summed E-state index contributed by atoms with van der Waals surface area (Å²) >= 11 is 3.25. The first-order valence-corrected chi connectivity index (χ1v) is 5.50. The van der Waals surface area contributed by atoms with Crippen molar-refractivity contribution in [2.45, 2.75) is 25.4 Å². The Balaban J connectivity index is 3.48. The average molecular weight is 267 g/mol. The van der Waals surface area contributed by atoms with Crippen molar-refractivity contribution in [1.82, 2.24) is 5.32 Å². The maximum absolute atomic E-state index is 11.1. The smallest absolute Gasteiger partial charge is 0.248 e. The molecule has 2 amide bonds. The van der Waals surface area contributed by atoms with Gasteiger partial charge in [0.15, 0.2) is 0 Å². The van der Waals surface area contributed by atoms with Gasteiger partial charge in [-0.05, 0) is 12.8 Å². The van der Waals surface area contributed by atoms with Crippen molar-refractivity contribution in [2.24, 2.45) is 5.73 Å². The standard InChI is InChI=1S/C8H15BrN2O3/c9-4-2-1-3-7(13)11-5-6(12)8(10)14/h6,12H,1-5H2,(H2,10,14)(H,11,13). The minimum Gasteiger partial charge on any atom is -0.381 e. The number of carbonyl (C=O) groups excluding carboxylic acids is 2. The lowest BCUT2D eigenvalue weighted by atomic mass is 10.2. The molecular weight excluding hydrogens is 252 g/mol. The summed E-state index contributed by atoms with van der Waals surface area (Å²) in [5, 5.41) is 12.2. The highest BCUT2D eigenvalue weighted by molar-refractivity contribution is 9.09. The van der Waals surface area contributed by atoms with Crippen molar-refractivity contribution >= 4 is 27.7 Å². The highest BCUT2D eigenvalue weighted by atomic mass is 79.9. The van der Waals surface area contributed by atoms with E-state index in [2.05, 4.69) is 21.2 Å². The number of hydrogen-bond donors (Lipinski definition) is 3. The van der Waals surface area contributed by atoms with Gasteiger partial charge in [-0.25, -0.2) is 0 Å². The Kier molecular flexibility index (Phi) is 7.41. The largest absolute Gasteiger partial charge is 0.381 e. The van der Waals surface area contributed by atoms with Gasteiger partial charge in [0.1, 0.15) is 6.10 Å². The molecule has 0 saturated carbocycles. The Morgan fingerprint density at radius 1 is 1.43 bits per heavy atom. The van der Waals surface area contributed by atoms with Gasteiger partial charge in [-0.2, -0.15) is 0 Å². The molecule has 0 radical (unpaired) electrons. The Bertz CT molecular complexity index is 199. The monoisotopic (exact) mass is 266 g/mol. The van der Waals surface area contributed by atoms with Crippen LogP contribution in [0.5, 0.6) is 0 Å². The van der Waals surface area contributed by atoms with Crippen LogP contribution >= 0.6 is 15.9 Å². The summed E-state index contributed by atoms with van der Waals surface area (Å²) < 4.78 is 0. The number of carbonyl (C=O) groups is 2. The van der Waals surface area contributed by atoms with Gasteiger partial charge in [0.2, 0.25) is 11.8 Å². The summed E-state index contributed by atoms with van der Waals surface area (Å²) in [5.41, 5.74) is 4.80. The van der Waals surface area contributed by atoms with E-state index < -0.39 is 12.0 Å². The number of aliphatic hydroxyl groups is 1. The van der Waals surface area contributed by atoms with Crippen molar-refractivity contribution < 1.29 is 14.7 Å². The highest BCUT2D eigenvalue weighted by Crippen LogP contribution is 1.97. The molecule has 0 aliphatic rings. The van der Waals surface area contributed by atoms with Crippen molar-refractivity contribution in [3.63, 3.8) is 0 Å². The molecule has 14 heavy (non-hydrogen) atoms. The zero-order chi connectivity index (χ0) is 11.0. The molecular formula is C8H15BrN2O3. The van der Waals surface area contributed by atoms with Gasteiger partial charge < -0.3 is 16.2 Å². The van der Waals surface area contributed by atoms with Crippen LogP contribution in [-0.4, -0.2) is 34.9 Å². The third kappa shape index (κ3) is 6.85. The van der Waals surface area contributed by atoms with E-state index in [1.165, 1.54) is 0 Å². The topological polar surface area (TPSA) is 92.4 Å². The second-order valence-corrected chi connectivity index (χ2v) is 3.66. The molecule has 0 aliphatic carbocycles. The van der Waals surface area contributed by atoms with E-state index in [1.807, 2.05) is 0 Å². The lowest BCUT2D eigenvalue weighted by molar-refractivity contribution is -0.127. The zero-order valence-electron chi connectivity index (χ0n) is 7.83. The van der Waals surface area contributed by atoms with Crippen LogP contribution in [0.3, 0.4) is 0 Å². The van der Waals surface area contributed by atoms with Crippen molar-refractivity contribution in [3.8, 4) is 0 Å². The number of nitrogens with two attached hydrogens (primary N) is 1. The first-order chi connectivity index (χ1) is 6.57. The van der Waals surface area contributed by atoms with Crippen LogP contribution < -0.4 is 11.1 Å². The number of unbranched alkanes of at least 4 members (excludes halogenated alkanes) is 1. The number of aliphatic hydroxyl groups excluding tert-OH is 1. The van der Waals surface area contributed by atoms with Crippen molar-refractivity contribution in [3.05, 3.63) is 0 Å². The molecule has 5 nitrogen and oxygen atoms in total. The maximum atomic E-state index is 11.1. The van der Waals surface area contributed by atoms with Crippen LogP contribution in [0.1, 0.15) is 19.3 Å². The van der Waals surface area contributed by atoms with Crippen LogP contribution in [0.2, 0.25) is 0 Å². The third-order valence-electron chi connectivity index (χ3n) is 1.61. The molecule has 0 aromatic heterocycles. The van der Waals surface area contributed by atoms with Crippen LogP contribution in [0.4, 0.5) is 0 Å². The summed E-state index contributed by atoms with van der Waals surface area (Å²) in [6.07, 6.45) is 0.808. The number of primary amides is 1. The molecule has 82 valence electrons. The molecule has 4 N–H and O–H groups in total. The van der Waals surface area contributed by atoms with Crippen LogP contribution in [0.15, 0.2) is 0 Å². The van der Waals surface area contributed by atoms with E-state index in [4.69, 9.17) is 10.8 Å². The fourth-order valence-electron chi connectivity index (χ4n) is 0.780. The van der Waals surface area contributed by atoms with E-state index in [1.54, 1.807) is 0 Å². The summed E-state index contributed by atoms with van der Waals surface area (Å²) in [5.74, 6) is -1.00. The van der Waals surface area contributed by atoms with Gasteiger partial charge >= 0.3 is 0 Å². The van der Waals surface area contributed by atoms with Crippen molar-refractivity contribution in [2.75, 3.05) is 11.9 Å². The molecule has 1 atom stereocenters. The number of hydrogen-bond acceptors (Lipinski definition) is 3. The number of halogens is 1. The second kappa shape index (κ2) is 7.75. The van der Waals surface area contributed by atoms with E-state index >= 15 is 0 Å². The predicted octanol–water partition coefficient (Wildman–Crippen LogP) is -0.486. The number of rotatable bonds is 7. The van der Waals surface area contributed by atoms with Crippen molar-refractivity contribution in [1.29, 1.82) is 0 Å². The maximum Gasteiger partial charge on any atom is 0.248 e. The SMILES string of the molecule is NC(=O)C(O)CNC(=O)CCCCBr. The summed E-state index contributed by atoms with van der Waals surface area (Å²) in [4.78, 5) is 21.4. The Morgan fingerprint density at radius 2 is 2.07 bits per heavy atom. The number of alkyl halides is 1. The first-order valence-electron chi connectivity index (χ1n) is 4.38. The molecule has 0 rings (SSSR count). The van der Waals surface area contributed by atoms with Gasteiger partial charge in [0.05, 0.1) is 6.54 Å². The van der Waals surface area contributed by atoms with E-state index in [0.29, 0.717) is 6.42 Å². The molecule has 0 aliphatic heterocycles. The Labute approximate surface area is 91.2 Å². The third-order valence-corrected chi connectivity index (χ3v) is 2.17. The summed E-state index contributed by atoms with van der Waals surface area (Å²) in [6.45, 7) is -0.109. The molecule has 1 unspecified atom stereocenters. The van der Waals surface area contributed by atoms with Gasteiger partial charge in [-0.15, -0.1) is 0 Å². The first kappa shape index (κ1) is 13.4. The normalized spacial score (nSPS) is 12.1. The molecule has 0 bridgehead atoms. The fraction of sp³-hybridized carbons (Fsp3) is 0.750. The zero-order valence-corrected chi connectivity index (χ0v) is 9.42. The van der Waals surface area contributed by atoms with E-state index in [0.717, 1.165) is 18.2 Å². The summed E-state index contributed by atoms with van der Waals surface area (Å²) in [6, 6.07) is 0. The quantitative estimate of drug-likeness (QED) is 0.429. The second-order valence-electron chi connectivity index (χ2n) is 2.87. The minimum atomic E-state index is -1.30. The van der Waals surface area contributed by atoms with Crippen LogP contribution in [-0.2, 0) is 9.59 Å². The molecule has 0 spiro atoms. The van der Waals surface area contributed by atoms with Crippen LogP contribution in [0, 0.1) is 0 Å². The van der Waals surface area contributed by atoms with Gasteiger partial charge in [0.25, 0.3) is 0 Å². The Morgan fingerprint density at radius 3 is 2.57 bits per heavy atom. The lowest BCUT2D eigenvalue weighted by Gasteiger charge is -2.07. The van der Waals surface area contributed by atoms with Gasteiger partial charge in [0, 0.05) is 11.8 Å². The van der Waals surface area contributed by atoms with E-state index in [9.17, 15) is 9.59 Å². The van der Waals surface area contributed by atoms with Gasteiger partial charge in [-0.1, -0.05) is 15.9 Å². The molecule has 0 aromatic rings. The fourth-order valence-corrected chi connectivity index (χ4v) is 1.18. The summed E-state index contributed by atoms with van der Waals surface area (Å²) in [7, 11) is 0. The molecule has 6 heteroatoms. The molecule has 0 saturated heterocycles. The molecule has 0 fully saturated rings. The van der Waals surface area contributed by atoms with Crippen LogP contribution in [0.25, 0.3) is 0 Å². The number of amides is 2. The Hall–Kier alpha value is -0.620.